The third-order valence-corrected chi connectivity index (χ3v) is 3.66. The minimum atomic E-state index is -0.931. The van der Waals surface area contributed by atoms with Crippen LogP contribution in [0.25, 0.3) is 0 Å². The Labute approximate surface area is 117 Å². The summed E-state index contributed by atoms with van der Waals surface area (Å²) in [6, 6.07) is -0.175. The Morgan fingerprint density at radius 3 is 2.32 bits per heavy atom. The number of nitrogens with zero attached hydrogens (tertiary/aromatic N) is 1. The zero-order valence-corrected chi connectivity index (χ0v) is 13.1. The molecule has 0 radical (unpaired) electrons. The molecular formula is C13H21N3O2S. The summed E-state index contributed by atoms with van der Waals surface area (Å²) < 4.78 is 0. The molecule has 0 aliphatic rings. The van der Waals surface area contributed by atoms with Crippen molar-refractivity contribution in [2.24, 2.45) is 0 Å². The van der Waals surface area contributed by atoms with Crippen molar-refractivity contribution < 1.29 is 9.59 Å². The number of rotatable bonds is 4. The lowest BCUT2D eigenvalue weighted by Gasteiger charge is -2.26. The standard InChI is InChI=1S/C13H21N3O2S/c1-7(11-8(2)19-10(4)15-11)14-12(18)13(5,6)16-9(3)17/h7H,1-6H3,(H,14,18)(H,16,17)/t7-/m1/s1. The third kappa shape index (κ3) is 4.02. The molecule has 1 aromatic rings. The number of hydrogen-bond donors (Lipinski definition) is 2. The molecule has 0 saturated heterocycles. The fourth-order valence-corrected chi connectivity index (χ4v) is 2.80. The minimum absolute atomic E-state index is 0.175. The maximum atomic E-state index is 12.2. The first-order valence-electron chi connectivity index (χ1n) is 6.17. The average molecular weight is 283 g/mol. The molecular weight excluding hydrogens is 262 g/mol. The van der Waals surface area contributed by atoms with Crippen molar-refractivity contribution in [3.05, 3.63) is 15.6 Å². The van der Waals surface area contributed by atoms with Crippen LogP contribution in [0.1, 0.15) is 49.3 Å². The summed E-state index contributed by atoms with van der Waals surface area (Å²) in [6.07, 6.45) is 0. The van der Waals surface area contributed by atoms with Gasteiger partial charge in [-0.05, 0) is 34.6 Å². The number of thiazole rings is 1. The second-order valence-electron chi connectivity index (χ2n) is 5.18. The minimum Gasteiger partial charge on any atom is -0.346 e. The van der Waals surface area contributed by atoms with E-state index in [0.29, 0.717) is 0 Å². The van der Waals surface area contributed by atoms with E-state index >= 15 is 0 Å². The van der Waals surface area contributed by atoms with Gasteiger partial charge >= 0.3 is 0 Å². The van der Waals surface area contributed by atoms with Crippen molar-refractivity contribution in [2.45, 2.75) is 53.1 Å². The molecule has 1 rings (SSSR count). The molecule has 5 nitrogen and oxygen atoms in total. The largest absolute Gasteiger partial charge is 0.346 e. The van der Waals surface area contributed by atoms with E-state index in [0.717, 1.165) is 15.6 Å². The summed E-state index contributed by atoms with van der Waals surface area (Å²) in [5, 5.41) is 6.49. The van der Waals surface area contributed by atoms with Gasteiger partial charge in [-0.3, -0.25) is 9.59 Å². The first-order valence-corrected chi connectivity index (χ1v) is 6.98. The molecule has 1 heterocycles. The number of aromatic nitrogens is 1. The Morgan fingerprint density at radius 2 is 1.89 bits per heavy atom. The van der Waals surface area contributed by atoms with E-state index in [4.69, 9.17) is 0 Å². The third-order valence-electron chi connectivity index (χ3n) is 2.75. The van der Waals surface area contributed by atoms with E-state index in [-0.39, 0.29) is 17.9 Å². The van der Waals surface area contributed by atoms with Crippen LogP contribution in [0.2, 0.25) is 0 Å². The van der Waals surface area contributed by atoms with Gasteiger partial charge in [-0.1, -0.05) is 0 Å². The average Bonchev–Trinajstić information content (AvgIpc) is 2.55. The molecule has 0 saturated carbocycles. The number of carbonyl (C=O) groups is 2. The van der Waals surface area contributed by atoms with Gasteiger partial charge < -0.3 is 10.6 Å². The lowest BCUT2D eigenvalue weighted by molar-refractivity contribution is -0.132. The smallest absolute Gasteiger partial charge is 0.245 e. The number of hydrogen-bond acceptors (Lipinski definition) is 4. The zero-order valence-electron chi connectivity index (χ0n) is 12.2. The fraction of sp³-hybridized carbons (Fsp3) is 0.615. The Balaban J connectivity index is 2.76. The van der Waals surface area contributed by atoms with Crippen LogP contribution in [0.3, 0.4) is 0 Å². The van der Waals surface area contributed by atoms with Gasteiger partial charge in [-0.15, -0.1) is 11.3 Å². The molecule has 0 bridgehead atoms. The molecule has 0 fully saturated rings. The second-order valence-corrected chi connectivity index (χ2v) is 6.58. The van der Waals surface area contributed by atoms with Gasteiger partial charge in [-0.2, -0.15) is 0 Å². The molecule has 1 aromatic heterocycles. The van der Waals surface area contributed by atoms with E-state index in [2.05, 4.69) is 15.6 Å². The van der Waals surface area contributed by atoms with Crippen molar-refractivity contribution in [1.29, 1.82) is 0 Å². The van der Waals surface area contributed by atoms with Crippen molar-refractivity contribution >= 4 is 23.2 Å². The van der Waals surface area contributed by atoms with Crippen LogP contribution in [-0.4, -0.2) is 22.3 Å². The maximum Gasteiger partial charge on any atom is 0.245 e. The van der Waals surface area contributed by atoms with Crippen LogP contribution in [0.4, 0.5) is 0 Å². The number of nitrogens with one attached hydrogen (secondary N) is 2. The van der Waals surface area contributed by atoms with Crippen molar-refractivity contribution in [1.82, 2.24) is 15.6 Å². The summed E-state index contributed by atoms with van der Waals surface area (Å²) in [5.74, 6) is -0.450. The zero-order chi connectivity index (χ0) is 14.8. The van der Waals surface area contributed by atoms with E-state index in [1.807, 2.05) is 20.8 Å². The highest BCUT2D eigenvalue weighted by Crippen LogP contribution is 2.22. The molecule has 0 spiro atoms. The Morgan fingerprint density at radius 1 is 1.32 bits per heavy atom. The van der Waals surface area contributed by atoms with Crippen LogP contribution in [-0.2, 0) is 9.59 Å². The number of carbonyl (C=O) groups excluding carboxylic acids is 2. The molecule has 0 unspecified atom stereocenters. The fourth-order valence-electron chi connectivity index (χ4n) is 1.89. The molecule has 0 aromatic carbocycles. The lowest BCUT2D eigenvalue weighted by atomic mass is 10.0. The van der Waals surface area contributed by atoms with Crippen molar-refractivity contribution in [3.8, 4) is 0 Å². The molecule has 1 atom stereocenters. The first kappa shape index (κ1) is 15.6. The molecule has 19 heavy (non-hydrogen) atoms. The highest BCUT2D eigenvalue weighted by atomic mass is 32.1. The molecule has 0 aliphatic heterocycles. The second kappa shape index (κ2) is 5.69. The SMILES string of the molecule is CC(=O)NC(C)(C)C(=O)N[C@H](C)c1nc(C)sc1C. The highest BCUT2D eigenvalue weighted by molar-refractivity contribution is 7.11. The van der Waals surface area contributed by atoms with E-state index in [9.17, 15) is 9.59 Å². The topological polar surface area (TPSA) is 71.1 Å². The van der Waals surface area contributed by atoms with Gasteiger partial charge in [0.15, 0.2) is 0 Å². The van der Waals surface area contributed by atoms with Gasteiger partial charge in [-0.25, -0.2) is 4.98 Å². The molecule has 2 amide bonds. The van der Waals surface area contributed by atoms with Gasteiger partial charge in [0.05, 0.1) is 16.7 Å². The van der Waals surface area contributed by atoms with Gasteiger partial charge in [0.1, 0.15) is 5.54 Å². The number of amides is 2. The molecule has 2 N–H and O–H groups in total. The quantitative estimate of drug-likeness (QED) is 0.886. The van der Waals surface area contributed by atoms with Crippen LogP contribution in [0.5, 0.6) is 0 Å². The predicted octanol–water partition coefficient (Wildman–Crippen LogP) is 1.85. The van der Waals surface area contributed by atoms with Crippen LogP contribution in [0.15, 0.2) is 0 Å². The highest BCUT2D eigenvalue weighted by Gasteiger charge is 2.30. The molecule has 0 aliphatic carbocycles. The van der Waals surface area contributed by atoms with Crippen molar-refractivity contribution in [2.75, 3.05) is 0 Å². The molecule has 106 valence electrons. The summed E-state index contributed by atoms with van der Waals surface area (Å²) >= 11 is 1.61. The summed E-state index contributed by atoms with van der Waals surface area (Å²) in [6.45, 7) is 10.6. The summed E-state index contributed by atoms with van der Waals surface area (Å²) in [4.78, 5) is 28.7. The summed E-state index contributed by atoms with van der Waals surface area (Å²) in [7, 11) is 0. The summed E-state index contributed by atoms with van der Waals surface area (Å²) in [5.41, 5.74) is -0.0477. The normalized spacial score (nSPS) is 12.9. The van der Waals surface area contributed by atoms with E-state index in [1.54, 1.807) is 25.2 Å². The van der Waals surface area contributed by atoms with Crippen LogP contribution < -0.4 is 10.6 Å². The van der Waals surface area contributed by atoms with Crippen LogP contribution >= 0.6 is 11.3 Å². The number of aryl methyl sites for hydroxylation is 2. The first-order chi connectivity index (χ1) is 8.63. The Kier molecular flexibility index (Phi) is 4.68. The Bertz CT molecular complexity index is 494. The predicted molar refractivity (Wildman–Crippen MR) is 76.0 cm³/mol. The monoisotopic (exact) mass is 283 g/mol. The van der Waals surface area contributed by atoms with E-state index in [1.165, 1.54) is 6.92 Å². The Hall–Kier alpha value is -1.43. The maximum absolute atomic E-state index is 12.2. The van der Waals surface area contributed by atoms with Gasteiger partial charge in [0.2, 0.25) is 11.8 Å². The van der Waals surface area contributed by atoms with Crippen molar-refractivity contribution in [3.63, 3.8) is 0 Å². The van der Waals surface area contributed by atoms with Gasteiger partial charge in [0.25, 0.3) is 0 Å². The van der Waals surface area contributed by atoms with Crippen LogP contribution in [0, 0.1) is 13.8 Å². The molecule has 6 heteroatoms. The van der Waals surface area contributed by atoms with E-state index < -0.39 is 5.54 Å². The lowest BCUT2D eigenvalue weighted by Crippen LogP contribution is -2.54. The van der Waals surface area contributed by atoms with Gasteiger partial charge in [0, 0.05) is 11.8 Å².